The molecule has 0 fully saturated rings. The highest BCUT2D eigenvalue weighted by molar-refractivity contribution is 7.85. The van der Waals surface area contributed by atoms with E-state index in [2.05, 4.69) is 97.0 Å². The van der Waals surface area contributed by atoms with Gasteiger partial charge in [-0.25, -0.2) is 0 Å². The van der Waals surface area contributed by atoms with Crippen LogP contribution >= 0.6 is 0 Å². The minimum atomic E-state index is -4.00. The van der Waals surface area contributed by atoms with Gasteiger partial charge in [0.2, 0.25) is 5.69 Å². The molecule has 0 saturated heterocycles. The van der Waals surface area contributed by atoms with Gasteiger partial charge in [0.1, 0.15) is 0 Å². The number of nitrogens with zero attached hydrogens (tertiary/aromatic N) is 2. The molecule has 0 radical (unpaired) electrons. The van der Waals surface area contributed by atoms with E-state index in [0.717, 1.165) is 45.2 Å². The molecule has 4 atom stereocenters. The van der Waals surface area contributed by atoms with E-state index in [-0.39, 0.29) is 28.8 Å². The van der Waals surface area contributed by atoms with E-state index in [0.29, 0.717) is 12.8 Å². The second-order valence-electron chi connectivity index (χ2n) is 14.1. The van der Waals surface area contributed by atoms with E-state index < -0.39 is 10.1 Å². The van der Waals surface area contributed by atoms with Crippen LogP contribution in [0.15, 0.2) is 83.6 Å². The number of hydrogen-bond donors (Lipinski definition) is 1. The van der Waals surface area contributed by atoms with Crippen molar-refractivity contribution in [2.24, 2.45) is 0 Å². The standard InChI is InChI=1S/C38H42N2O4S/c1-4-19-37(2)29-13-7-8-14-30(29)39-21-17-32-27(35(37)39)24-28-33(44-32)18-22-40-31-16-15-25-11-5-6-12-26(25)34(31)38(3,36(28)40)20-9-10-23-45(41,42)43/h5-8,11-16,24,32-33H,4,9-10,17-23H2,1-3H3/p+1. The number of allylic oxidation sites excluding steroid dienone is 1. The maximum atomic E-state index is 11.6. The molecule has 0 amide bonds. The van der Waals surface area contributed by atoms with Crippen LogP contribution in [0.4, 0.5) is 11.4 Å². The first-order valence-corrected chi connectivity index (χ1v) is 18.4. The normalized spacial score (nSPS) is 28.4. The molecular weight excluding hydrogens is 580 g/mol. The van der Waals surface area contributed by atoms with Crippen molar-refractivity contribution in [2.45, 2.75) is 88.8 Å². The zero-order valence-electron chi connectivity index (χ0n) is 26.6. The van der Waals surface area contributed by atoms with Crippen molar-refractivity contribution < 1.29 is 22.3 Å². The van der Waals surface area contributed by atoms with Gasteiger partial charge in [-0.1, -0.05) is 62.2 Å². The summed E-state index contributed by atoms with van der Waals surface area (Å²) in [5.41, 5.74) is 10.3. The summed E-state index contributed by atoms with van der Waals surface area (Å²) in [5, 5.41) is 2.48. The van der Waals surface area contributed by atoms with Gasteiger partial charge in [0, 0.05) is 52.5 Å². The van der Waals surface area contributed by atoms with Crippen LogP contribution in [0.2, 0.25) is 0 Å². The lowest BCUT2D eigenvalue weighted by atomic mass is 9.69. The highest BCUT2D eigenvalue weighted by Crippen LogP contribution is 2.56. The second kappa shape index (κ2) is 10.4. The van der Waals surface area contributed by atoms with Gasteiger partial charge in [0.25, 0.3) is 10.1 Å². The van der Waals surface area contributed by atoms with Crippen molar-refractivity contribution in [1.29, 1.82) is 0 Å². The smallest absolute Gasteiger partial charge is 0.264 e. The Morgan fingerprint density at radius 2 is 1.76 bits per heavy atom. The summed E-state index contributed by atoms with van der Waals surface area (Å²) in [7, 11) is -4.00. The van der Waals surface area contributed by atoms with Crippen LogP contribution in [0.25, 0.3) is 10.8 Å². The molecule has 0 saturated carbocycles. The van der Waals surface area contributed by atoms with Gasteiger partial charge < -0.3 is 9.64 Å². The Morgan fingerprint density at radius 1 is 0.956 bits per heavy atom. The molecule has 4 unspecified atom stereocenters. The molecule has 3 aromatic rings. The maximum absolute atomic E-state index is 11.6. The Balaban J connectivity index is 1.31. The minimum absolute atomic E-state index is 0.0380. The minimum Gasteiger partial charge on any atom is -0.365 e. The first-order valence-electron chi connectivity index (χ1n) is 16.8. The van der Waals surface area contributed by atoms with Crippen LogP contribution in [-0.2, 0) is 25.7 Å². The molecule has 0 aliphatic carbocycles. The predicted octanol–water partition coefficient (Wildman–Crippen LogP) is 7.59. The molecule has 6 nitrogen and oxygen atoms in total. The Kier molecular flexibility index (Phi) is 6.73. The summed E-state index contributed by atoms with van der Waals surface area (Å²) in [6.45, 7) is 8.94. The van der Waals surface area contributed by atoms with E-state index in [1.54, 1.807) is 0 Å². The van der Waals surface area contributed by atoms with Crippen LogP contribution in [-0.4, -0.2) is 54.3 Å². The van der Waals surface area contributed by atoms with E-state index >= 15 is 0 Å². The SMILES string of the molecule is CCCC1(C)C2=C3C=C4C5=[N+](CCC4OC3CCN2c2ccccc21)c1ccc2ccccc2c1C5(C)CCCCS(=O)(=O)O. The molecule has 3 aromatic carbocycles. The molecular formula is C38H43N2O4S+. The van der Waals surface area contributed by atoms with E-state index in [1.807, 2.05) is 0 Å². The van der Waals surface area contributed by atoms with Gasteiger partial charge >= 0.3 is 0 Å². The number of fused-ring (bicyclic) bond motifs is 10. The number of unbranched alkanes of at least 4 members (excludes halogenated alkanes) is 1. The summed E-state index contributed by atoms with van der Waals surface area (Å²) in [6, 6.07) is 22.1. The van der Waals surface area contributed by atoms with Crippen molar-refractivity contribution in [3.63, 3.8) is 0 Å². The Bertz CT molecular complexity index is 1940. The fourth-order valence-electron chi connectivity index (χ4n) is 9.58. The average Bonchev–Trinajstić information content (AvgIpc) is 3.44. The first kappa shape index (κ1) is 29.2. The van der Waals surface area contributed by atoms with Gasteiger partial charge in [-0.15, -0.1) is 0 Å². The number of rotatable bonds is 7. The van der Waals surface area contributed by atoms with Crippen molar-refractivity contribution in [3.8, 4) is 0 Å². The predicted molar refractivity (Wildman–Crippen MR) is 180 cm³/mol. The molecule has 8 rings (SSSR count). The largest absolute Gasteiger partial charge is 0.365 e. The molecule has 7 heteroatoms. The first-order chi connectivity index (χ1) is 21.6. The van der Waals surface area contributed by atoms with Crippen molar-refractivity contribution >= 4 is 38.0 Å². The topological polar surface area (TPSA) is 69.8 Å². The van der Waals surface area contributed by atoms with Crippen molar-refractivity contribution in [1.82, 2.24) is 0 Å². The van der Waals surface area contributed by atoms with Gasteiger partial charge in [-0.3, -0.25) is 4.55 Å². The number of ether oxygens (including phenoxy) is 1. The van der Waals surface area contributed by atoms with Crippen LogP contribution in [0, 0.1) is 0 Å². The highest BCUT2D eigenvalue weighted by atomic mass is 32.2. The highest BCUT2D eigenvalue weighted by Gasteiger charge is 2.56. The van der Waals surface area contributed by atoms with E-state index in [9.17, 15) is 13.0 Å². The second-order valence-corrected chi connectivity index (χ2v) is 15.7. The zero-order valence-corrected chi connectivity index (χ0v) is 27.4. The summed E-state index contributed by atoms with van der Waals surface area (Å²) in [5.74, 6) is -0.205. The zero-order chi connectivity index (χ0) is 31.1. The maximum Gasteiger partial charge on any atom is 0.264 e. The fraction of sp³-hybridized carbons (Fsp3) is 0.447. The van der Waals surface area contributed by atoms with Crippen LogP contribution in [0.1, 0.15) is 76.8 Å². The fourth-order valence-corrected chi connectivity index (χ4v) is 10.1. The van der Waals surface area contributed by atoms with E-state index in [4.69, 9.17) is 4.74 Å². The van der Waals surface area contributed by atoms with Crippen LogP contribution in [0.5, 0.6) is 0 Å². The third-order valence-corrected chi connectivity index (χ3v) is 12.1. The lowest BCUT2D eigenvalue weighted by Crippen LogP contribution is -2.48. The molecule has 234 valence electrons. The van der Waals surface area contributed by atoms with Gasteiger partial charge in [-0.2, -0.15) is 13.0 Å². The molecule has 45 heavy (non-hydrogen) atoms. The molecule has 1 N–H and O–H groups in total. The van der Waals surface area contributed by atoms with Gasteiger partial charge in [0.15, 0.2) is 12.3 Å². The van der Waals surface area contributed by atoms with Crippen LogP contribution in [0.3, 0.4) is 0 Å². The number of hydrogen-bond acceptors (Lipinski definition) is 4. The molecule has 5 aliphatic rings. The van der Waals surface area contributed by atoms with E-state index in [1.165, 1.54) is 55.8 Å². The summed E-state index contributed by atoms with van der Waals surface area (Å²) >= 11 is 0. The number of para-hydroxylation sites is 1. The van der Waals surface area contributed by atoms with Crippen LogP contribution < -0.4 is 4.90 Å². The lowest BCUT2D eigenvalue weighted by molar-refractivity contribution is -0.445. The van der Waals surface area contributed by atoms with Crippen molar-refractivity contribution in [2.75, 3.05) is 23.7 Å². The monoisotopic (exact) mass is 623 g/mol. The Labute approximate surface area is 266 Å². The molecule has 5 heterocycles. The summed E-state index contributed by atoms with van der Waals surface area (Å²) in [6.07, 6.45) is 8.68. The molecule has 0 spiro atoms. The Morgan fingerprint density at radius 3 is 2.58 bits per heavy atom. The third kappa shape index (κ3) is 4.34. The molecule has 0 bridgehead atoms. The Hall–Kier alpha value is -3.26. The quantitative estimate of drug-likeness (QED) is 0.167. The lowest BCUT2D eigenvalue weighted by Gasteiger charge is -2.43. The average molecular weight is 624 g/mol. The van der Waals surface area contributed by atoms with Crippen molar-refractivity contribution in [3.05, 3.63) is 94.7 Å². The summed E-state index contributed by atoms with van der Waals surface area (Å²) < 4.78 is 42.3. The summed E-state index contributed by atoms with van der Waals surface area (Å²) in [4.78, 5) is 2.58. The third-order valence-electron chi connectivity index (χ3n) is 11.3. The number of benzene rings is 3. The molecule has 0 aromatic heterocycles. The van der Waals surface area contributed by atoms with Gasteiger partial charge in [0.05, 0.1) is 23.4 Å². The van der Waals surface area contributed by atoms with Gasteiger partial charge in [-0.05, 0) is 74.1 Å². The molecule has 5 aliphatic heterocycles. The number of anilines is 1.